The molecule has 4 rings (SSSR count). The van der Waals surface area contributed by atoms with Crippen molar-refractivity contribution in [2.75, 3.05) is 7.11 Å². The van der Waals surface area contributed by atoms with Gasteiger partial charge in [-0.1, -0.05) is 49.7 Å². The molecule has 0 fully saturated rings. The van der Waals surface area contributed by atoms with E-state index in [-0.39, 0.29) is 5.91 Å². The van der Waals surface area contributed by atoms with E-state index in [0.717, 1.165) is 39.8 Å². The average Bonchev–Trinajstić information content (AvgIpc) is 3.14. The molecule has 0 atom stereocenters. The average molecular weight is 454 g/mol. The van der Waals surface area contributed by atoms with Crippen molar-refractivity contribution in [3.05, 3.63) is 94.8 Å². The topological polar surface area (TPSA) is 55.6 Å². The Morgan fingerprint density at radius 1 is 1.03 bits per heavy atom. The number of ether oxygens (including phenoxy) is 1. The van der Waals surface area contributed by atoms with Gasteiger partial charge in [0, 0.05) is 22.6 Å². The number of nitrogens with zero attached hydrogens (tertiary/aromatic N) is 2. The van der Waals surface area contributed by atoms with E-state index in [0.29, 0.717) is 11.3 Å². The quantitative estimate of drug-likeness (QED) is 0.249. The smallest absolute Gasteiger partial charge is 0.275 e. The monoisotopic (exact) mass is 453 g/mol. The summed E-state index contributed by atoms with van der Waals surface area (Å²) in [5, 5.41) is 6.23. The van der Waals surface area contributed by atoms with Gasteiger partial charge in [0.15, 0.2) is 0 Å². The minimum Gasteiger partial charge on any atom is -0.496 e. The zero-order valence-corrected chi connectivity index (χ0v) is 20.3. The first-order valence-corrected chi connectivity index (χ1v) is 11.7. The molecule has 0 aliphatic heterocycles. The molecular weight excluding hydrogens is 422 g/mol. The van der Waals surface area contributed by atoms with Crippen molar-refractivity contribution < 1.29 is 9.53 Å². The predicted molar refractivity (Wildman–Crippen MR) is 139 cm³/mol. The third kappa shape index (κ3) is 4.88. The molecule has 1 amide bonds. The fourth-order valence-electron chi connectivity index (χ4n) is 4.29. The van der Waals surface area contributed by atoms with Crippen molar-refractivity contribution in [3.63, 3.8) is 0 Å². The Kier molecular flexibility index (Phi) is 7.12. The lowest BCUT2D eigenvalue weighted by Gasteiger charge is -2.11. The van der Waals surface area contributed by atoms with Gasteiger partial charge in [0.1, 0.15) is 5.75 Å². The zero-order chi connectivity index (χ0) is 24.1. The molecule has 0 spiro atoms. The highest BCUT2D eigenvalue weighted by molar-refractivity contribution is 6.02. The van der Waals surface area contributed by atoms with Gasteiger partial charge in [0.05, 0.1) is 18.9 Å². The molecular formula is C29H31N3O2. The number of nitrogens with one attached hydrogen (secondary N) is 1. The number of hydrogen-bond acceptors (Lipinski definition) is 3. The number of aromatic nitrogens is 1. The van der Waals surface area contributed by atoms with Crippen molar-refractivity contribution in [3.8, 4) is 11.4 Å². The number of rotatable bonds is 8. The third-order valence-corrected chi connectivity index (χ3v) is 6.17. The number of hydrogen-bond donors (Lipinski definition) is 1. The summed E-state index contributed by atoms with van der Waals surface area (Å²) < 4.78 is 7.65. The van der Waals surface area contributed by atoms with Gasteiger partial charge in [-0.2, -0.15) is 5.10 Å². The normalized spacial score (nSPS) is 11.3. The number of aryl methyl sites for hydroxylation is 2. The summed E-state index contributed by atoms with van der Waals surface area (Å²) >= 11 is 0. The minimum atomic E-state index is -0.310. The highest BCUT2D eigenvalue weighted by atomic mass is 16.5. The van der Waals surface area contributed by atoms with E-state index in [1.807, 2.05) is 36.4 Å². The number of amides is 1. The lowest BCUT2D eigenvalue weighted by Crippen LogP contribution is -2.18. The highest BCUT2D eigenvalue weighted by Gasteiger charge is 2.14. The van der Waals surface area contributed by atoms with Crippen LogP contribution in [0.25, 0.3) is 16.5 Å². The second-order valence-electron chi connectivity index (χ2n) is 8.53. The van der Waals surface area contributed by atoms with E-state index in [1.165, 1.54) is 18.4 Å². The van der Waals surface area contributed by atoms with Crippen molar-refractivity contribution in [2.45, 2.75) is 40.0 Å². The molecule has 1 N–H and O–H groups in total. The molecule has 0 saturated heterocycles. The molecule has 0 aliphatic rings. The fraction of sp³-hybridized carbons (Fsp3) is 0.241. The van der Waals surface area contributed by atoms with Crippen molar-refractivity contribution >= 4 is 22.9 Å². The highest BCUT2D eigenvalue weighted by Crippen LogP contribution is 2.26. The number of hydrazone groups is 1. The Balaban J connectivity index is 1.52. The van der Waals surface area contributed by atoms with Crippen LogP contribution in [0.5, 0.6) is 5.75 Å². The number of unbranched alkanes of at least 4 members (excludes halogenated alkanes) is 1. The van der Waals surface area contributed by atoms with Crippen LogP contribution in [-0.2, 0) is 6.42 Å². The van der Waals surface area contributed by atoms with Gasteiger partial charge in [0.2, 0.25) is 0 Å². The number of methoxy groups -OCH3 is 1. The summed E-state index contributed by atoms with van der Waals surface area (Å²) in [5.74, 6) is 0.210. The van der Waals surface area contributed by atoms with E-state index in [2.05, 4.69) is 66.2 Å². The second-order valence-corrected chi connectivity index (χ2v) is 8.53. The third-order valence-electron chi connectivity index (χ3n) is 6.17. The molecule has 0 radical (unpaired) electrons. The van der Waals surface area contributed by atoms with Gasteiger partial charge in [-0.15, -0.1) is 0 Å². The summed E-state index contributed by atoms with van der Waals surface area (Å²) in [4.78, 5) is 12.8. The predicted octanol–water partition coefficient (Wildman–Crippen LogP) is 6.36. The van der Waals surface area contributed by atoms with Crippen LogP contribution in [0.1, 0.15) is 52.6 Å². The van der Waals surface area contributed by atoms with Crippen LogP contribution in [-0.4, -0.2) is 23.8 Å². The van der Waals surface area contributed by atoms with Crippen LogP contribution in [0.3, 0.4) is 0 Å². The van der Waals surface area contributed by atoms with Crippen LogP contribution < -0.4 is 10.2 Å². The Labute approximate surface area is 201 Å². The summed E-state index contributed by atoms with van der Waals surface area (Å²) in [5.41, 5.74) is 8.73. The maximum absolute atomic E-state index is 12.8. The number of carbonyl (C=O) groups is 1. The Morgan fingerprint density at radius 2 is 1.74 bits per heavy atom. The molecule has 5 heteroatoms. The van der Waals surface area contributed by atoms with Gasteiger partial charge in [-0.3, -0.25) is 4.79 Å². The van der Waals surface area contributed by atoms with Crippen molar-refractivity contribution in [1.29, 1.82) is 0 Å². The van der Waals surface area contributed by atoms with Crippen LogP contribution in [0.15, 0.2) is 71.8 Å². The summed E-state index contributed by atoms with van der Waals surface area (Å²) in [6.07, 6.45) is 5.21. The lowest BCUT2D eigenvalue weighted by atomic mass is 10.1. The van der Waals surface area contributed by atoms with Gasteiger partial charge in [-0.25, -0.2) is 5.43 Å². The summed E-state index contributed by atoms with van der Waals surface area (Å²) in [6.45, 7) is 6.35. The van der Waals surface area contributed by atoms with Crippen LogP contribution in [0, 0.1) is 13.8 Å². The largest absolute Gasteiger partial charge is 0.496 e. The van der Waals surface area contributed by atoms with Crippen LogP contribution in [0.2, 0.25) is 0 Å². The van der Waals surface area contributed by atoms with E-state index >= 15 is 0 Å². The zero-order valence-electron chi connectivity index (χ0n) is 20.3. The second kappa shape index (κ2) is 10.4. The Morgan fingerprint density at radius 3 is 2.41 bits per heavy atom. The SMILES string of the molecule is CCCCc1ccc(-n2c(C)cc(/C=N\NC(=O)c3cc4ccccc4cc3OC)c2C)cc1. The number of fused-ring (bicyclic) bond motifs is 1. The first-order valence-electron chi connectivity index (χ1n) is 11.7. The molecule has 34 heavy (non-hydrogen) atoms. The van der Waals surface area contributed by atoms with Crippen LogP contribution >= 0.6 is 0 Å². The molecule has 1 aromatic heterocycles. The molecule has 0 saturated carbocycles. The van der Waals surface area contributed by atoms with Gasteiger partial charge in [0.25, 0.3) is 5.91 Å². The summed E-state index contributed by atoms with van der Waals surface area (Å²) in [6, 6.07) is 22.4. The van der Waals surface area contributed by atoms with E-state index in [1.54, 1.807) is 13.3 Å². The van der Waals surface area contributed by atoms with E-state index in [9.17, 15) is 4.79 Å². The van der Waals surface area contributed by atoms with Gasteiger partial charge in [-0.05, 0) is 73.4 Å². The molecule has 4 aromatic rings. The molecule has 0 bridgehead atoms. The summed E-state index contributed by atoms with van der Waals surface area (Å²) in [7, 11) is 1.56. The Hall–Kier alpha value is -3.86. The van der Waals surface area contributed by atoms with Crippen molar-refractivity contribution in [1.82, 2.24) is 9.99 Å². The maximum atomic E-state index is 12.8. The lowest BCUT2D eigenvalue weighted by molar-refractivity contribution is 0.0952. The first-order chi connectivity index (χ1) is 16.5. The van der Waals surface area contributed by atoms with E-state index in [4.69, 9.17) is 4.74 Å². The van der Waals surface area contributed by atoms with Gasteiger partial charge >= 0.3 is 0 Å². The molecule has 0 unspecified atom stereocenters. The minimum absolute atomic E-state index is 0.310. The fourth-order valence-corrected chi connectivity index (χ4v) is 4.29. The van der Waals surface area contributed by atoms with Crippen LogP contribution in [0.4, 0.5) is 0 Å². The number of carbonyl (C=O) groups excluding carboxylic acids is 1. The Bertz CT molecular complexity index is 1330. The standard InChI is InChI=1S/C29H31N3O2/c1-5-6-9-22-12-14-26(15-13-22)32-20(2)16-25(21(32)3)19-30-31-29(33)27-17-23-10-7-8-11-24(23)18-28(27)34-4/h7-8,10-19H,5-6,9H2,1-4H3,(H,31,33)/b30-19-. The first kappa shape index (κ1) is 23.3. The van der Waals surface area contributed by atoms with Crippen molar-refractivity contribution in [2.24, 2.45) is 5.10 Å². The molecule has 1 heterocycles. The maximum Gasteiger partial charge on any atom is 0.275 e. The molecule has 174 valence electrons. The number of benzene rings is 3. The molecule has 0 aliphatic carbocycles. The molecule has 3 aromatic carbocycles. The van der Waals surface area contributed by atoms with E-state index < -0.39 is 0 Å². The van der Waals surface area contributed by atoms with Gasteiger partial charge < -0.3 is 9.30 Å². The molecule has 5 nitrogen and oxygen atoms in total.